The third-order valence-corrected chi connectivity index (χ3v) is 3.80. The minimum Gasteiger partial charge on any atom is -0.355 e. The molecule has 1 aromatic rings. The molecule has 1 aliphatic carbocycles. The van der Waals surface area contributed by atoms with E-state index >= 15 is 0 Å². The van der Waals surface area contributed by atoms with Gasteiger partial charge in [0.1, 0.15) is 0 Å². The summed E-state index contributed by atoms with van der Waals surface area (Å²) in [5, 5.41) is 3.49. The van der Waals surface area contributed by atoms with E-state index in [0.29, 0.717) is 0 Å². The van der Waals surface area contributed by atoms with Gasteiger partial charge >= 0.3 is 0 Å². The molecule has 0 bridgehead atoms. The van der Waals surface area contributed by atoms with Crippen LogP contribution in [-0.2, 0) is 0 Å². The topological polar surface area (TPSA) is 12.0 Å². The van der Waals surface area contributed by atoms with Gasteiger partial charge in [0, 0.05) is 17.0 Å². The lowest BCUT2D eigenvalue weighted by atomic mass is 9.99. The van der Waals surface area contributed by atoms with Gasteiger partial charge in [-0.25, -0.2) is 0 Å². The van der Waals surface area contributed by atoms with Gasteiger partial charge < -0.3 is 5.32 Å². The van der Waals surface area contributed by atoms with Crippen LogP contribution in [0.5, 0.6) is 0 Å². The molecule has 1 aliphatic rings. The van der Waals surface area contributed by atoms with Crippen molar-refractivity contribution in [2.75, 3.05) is 0 Å². The summed E-state index contributed by atoms with van der Waals surface area (Å²) < 4.78 is 0. The van der Waals surface area contributed by atoms with E-state index in [-0.39, 0.29) is 0 Å². The van der Waals surface area contributed by atoms with E-state index in [0.717, 1.165) is 23.4 Å². The number of nitrogens with one attached hydrogen (secondary N) is 1. The van der Waals surface area contributed by atoms with E-state index in [9.17, 15) is 0 Å². The number of aryl methyl sites for hydroxylation is 2. The van der Waals surface area contributed by atoms with Crippen LogP contribution in [0.15, 0.2) is 59.8 Å². The van der Waals surface area contributed by atoms with Crippen LogP contribution in [0.4, 0.5) is 0 Å². The molecule has 0 heterocycles. The Bertz CT molecular complexity index is 621. The normalized spacial score (nSPS) is 14.3. The number of benzene rings is 1. The number of allylic oxidation sites excluding steroid dienone is 3. The molecule has 0 unspecified atom stereocenters. The fraction of sp³-hybridized carbons (Fsp3) is 0.263. The summed E-state index contributed by atoms with van der Waals surface area (Å²) in [7, 11) is 0. The van der Waals surface area contributed by atoms with Gasteiger partial charge in [-0.15, -0.1) is 0 Å². The first kappa shape index (κ1) is 14.4. The quantitative estimate of drug-likeness (QED) is 0.803. The molecular formula is C19H23N. The van der Waals surface area contributed by atoms with Crippen LogP contribution in [0.2, 0.25) is 0 Å². The maximum atomic E-state index is 4.22. The van der Waals surface area contributed by atoms with Crippen molar-refractivity contribution in [1.29, 1.82) is 0 Å². The zero-order valence-electron chi connectivity index (χ0n) is 12.9. The molecule has 0 saturated heterocycles. The Morgan fingerprint density at radius 3 is 2.25 bits per heavy atom. The highest BCUT2D eigenvalue weighted by molar-refractivity contribution is 5.71. The van der Waals surface area contributed by atoms with Gasteiger partial charge in [-0.3, -0.25) is 0 Å². The van der Waals surface area contributed by atoms with Crippen LogP contribution in [0.1, 0.15) is 37.0 Å². The molecule has 0 aliphatic heterocycles. The van der Waals surface area contributed by atoms with Crippen molar-refractivity contribution in [2.45, 2.75) is 34.1 Å². The molecule has 1 aromatic carbocycles. The van der Waals surface area contributed by atoms with Gasteiger partial charge in [0.25, 0.3) is 0 Å². The Kier molecular flexibility index (Phi) is 3.99. The second kappa shape index (κ2) is 5.54. The highest BCUT2D eigenvalue weighted by atomic mass is 14.9. The van der Waals surface area contributed by atoms with Crippen LogP contribution < -0.4 is 5.32 Å². The molecule has 1 heteroatoms. The van der Waals surface area contributed by atoms with E-state index in [1.807, 2.05) is 0 Å². The second-order valence-corrected chi connectivity index (χ2v) is 5.63. The predicted octanol–water partition coefficient (Wildman–Crippen LogP) is 5.04. The third kappa shape index (κ3) is 2.62. The second-order valence-electron chi connectivity index (χ2n) is 5.63. The highest BCUT2D eigenvalue weighted by Crippen LogP contribution is 2.31. The van der Waals surface area contributed by atoms with Gasteiger partial charge in [0.2, 0.25) is 0 Å². The first-order valence-electron chi connectivity index (χ1n) is 7.00. The molecule has 0 saturated carbocycles. The fourth-order valence-corrected chi connectivity index (χ4v) is 2.91. The largest absolute Gasteiger partial charge is 0.355 e. The molecule has 0 spiro atoms. The van der Waals surface area contributed by atoms with Crippen molar-refractivity contribution in [3.63, 3.8) is 0 Å². The Hall–Kier alpha value is -2.02. The van der Waals surface area contributed by atoms with Crippen LogP contribution in [0.3, 0.4) is 0 Å². The maximum Gasteiger partial charge on any atom is 0.0422 e. The first-order chi connectivity index (χ1) is 9.41. The Labute approximate surface area is 122 Å². The number of rotatable bonds is 4. The van der Waals surface area contributed by atoms with E-state index in [2.05, 4.69) is 70.4 Å². The molecule has 1 N–H and O–H groups in total. The monoisotopic (exact) mass is 265 g/mol. The molecule has 0 amide bonds. The number of hydrogen-bond donors (Lipinski definition) is 1. The SMILES string of the molecule is C=C(C)C1=C(C)CC=C1NC(=C)c1c(C)cccc1C. The average molecular weight is 265 g/mol. The first-order valence-corrected chi connectivity index (χ1v) is 7.00. The minimum atomic E-state index is 0.959. The summed E-state index contributed by atoms with van der Waals surface area (Å²) in [6.45, 7) is 16.8. The molecule has 0 fully saturated rings. The van der Waals surface area contributed by atoms with Crippen molar-refractivity contribution >= 4 is 5.70 Å². The van der Waals surface area contributed by atoms with Crippen LogP contribution in [-0.4, -0.2) is 0 Å². The van der Waals surface area contributed by atoms with Crippen LogP contribution >= 0.6 is 0 Å². The summed E-state index contributed by atoms with van der Waals surface area (Å²) in [6.07, 6.45) is 3.21. The van der Waals surface area contributed by atoms with E-state index in [4.69, 9.17) is 0 Å². The van der Waals surface area contributed by atoms with Gasteiger partial charge in [0.15, 0.2) is 0 Å². The molecule has 2 rings (SSSR count). The summed E-state index contributed by atoms with van der Waals surface area (Å²) >= 11 is 0. The van der Waals surface area contributed by atoms with Crippen LogP contribution in [0.25, 0.3) is 5.70 Å². The molecule has 1 nitrogen and oxygen atoms in total. The minimum absolute atomic E-state index is 0.959. The van der Waals surface area contributed by atoms with Crippen molar-refractivity contribution in [3.05, 3.63) is 76.5 Å². The molecule has 0 aromatic heterocycles. The van der Waals surface area contributed by atoms with Crippen molar-refractivity contribution in [2.24, 2.45) is 0 Å². The fourth-order valence-electron chi connectivity index (χ4n) is 2.91. The van der Waals surface area contributed by atoms with Gasteiger partial charge in [-0.2, -0.15) is 0 Å². The molecule has 20 heavy (non-hydrogen) atoms. The van der Waals surface area contributed by atoms with Crippen molar-refractivity contribution in [1.82, 2.24) is 5.32 Å². The lowest BCUT2D eigenvalue weighted by Crippen LogP contribution is -2.14. The maximum absolute atomic E-state index is 4.22. The number of hydrogen-bond acceptors (Lipinski definition) is 1. The lowest BCUT2D eigenvalue weighted by Gasteiger charge is -2.18. The molecular weight excluding hydrogens is 242 g/mol. The van der Waals surface area contributed by atoms with E-state index < -0.39 is 0 Å². The Morgan fingerprint density at radius 1 is 1.10 bits per heavy atom. The van der Waals surface area contributed by atoms with Gasteiger partial charge in [-0.05, 0) is 56.4 Å². The Morgan fingerprint density at radius 2 is 1.70 bits per heavy atom. The average Bonchev–Trinajstić information content (AvgIpc) is 2.70. The smallest absolute Gasteiger partial charge is 0.0422 e. The standard InChI is InChI=1S/C19H23N/c1-12(2)18-15(5)10-11-17(18)20-16(6)19-13(3)8-7-9-14(19)4/h7-9,11,20H,1,6,10H2,2-5H3. The zero-order chi connectivity index (χ0) is 14.9. The molecule has 104 valence electrons. The Balaban J connectivity index is 2.28. The van der Waals surface area contributed by atoms with Crippen molar-refractivity contribution < 1.29 is 0 Å². The third-order valence-electron chi connectivity index (χ3n) is 3.80. The van der Waals surface area contributed by atoms with Gasteiger partial charge in [0.05, 0.1) is 0 Å². The van der Waals surface area contributed by atoms with E-state index in [1.54, 1.807) is 0 Å². The summed E-state index contributed by atoms with van der Waals surface area (Å²) in [5.41, 5.74) is 9.53. The summed E-state index contributed by atoms with van der Waals surface area (Å²) in [4.78, 5) is 0. The zero-order valence-corrected chi connectivity index (χ0v) is 12.9. The summed E-state index contributed by atoms with van der Waals surface area (Å²) in [6, 6.07) is 6.33. The van der Waals surface area contributed by atoms with Gasteiger partial charge in [-0.1, -0.05) is 43.0 Å². The highest BCUT2D eigenvalue weighted by Gasteiger charge is 2.17. The predicted molar refractivity (Wildman–Crippen MR) is 88.3 cm³/mol. The summed E-state index contributed by atoms with van der Waals surface area (Å²) in [5.74, 6) is 0. The van der Waals surface area contributed by atoms with E-state index in [1.165, 1.54) is 27.8 Å². The molecule has 0 radical (unpaired) electrons. The van der Waals surface area contributed by atoms with Crippen molar-refractivity contribution in [3.8, 4) is 0 Å². The lowest BCUT2D eigenvalue weighted by molar-refractivity contribution is 1.09. The van der Waals surface area contributed by atoms with Crippen LogP contribution in [0, 0.1) is 13.8 Å². The molecule has 0 atom stereocenters.